The van der Waals surface area contributed by atoms with Crippen LogP contribution in [0, 0.1) is 13.8 Å². The fourth-order valence-electron chi connectivity index (χ4n) is 5.50. The second kappa shape index (κ2) is 9.78. The van der Waals surface area contributed by atoms with Crippen molar-refractivity contribution in [1.82, 2.24) is 9.21 Å². The number of ether oxygens (including phenoxy) is 3. The molecule has 1 spiro atoms. The van der Waals surface area contributed by atoms with Crippen LogP contribution in [0.3, 0.4) is 0 Å². The van der Waals surface area contributed by atoms with E-state index in [4.69, 9.17) is 14.2 Å². The van der Waals surface area contributed by atoms with E-state index in [9.17, 15) is 13.2 Å². The first-order chi connectivity index (χ1) is 17.2. The molecule has 3 heterocycles. The number of carbonyl (C=O) groups is 1. The van der Waals surface area contributed by atoms with Crippen molar-refractivity contribution < 1.29 is 27.4 Å². The third kappa shape index (κ3) is 4.77. The van der Waals surface area contributed by atoms with Crippen LogP contribution in [0.4, 0.5) is 0 Å². The highest BCUT2D eigenvalue weighted by atomic mass is 32.2. The Hall–Kier alpha value is -2.46. The largest absolute Gasteiger partial charge is 0.486 e. The molecular formula is C27H34N2O6S. The molecule has 3 unspecified atom stereocenters. The molecule has 3 atom stereocenters. The monoisotopic (exact) mass is 514 g/mol. The number of amides is 1. The van der Waals surface area contributed by atoms with Crippen LogP contribution in [0.2, 0.25) is 0 Å². The third-order valence-corrected chi connectivity index (χ3v) is 9.63. The predicted molar refractivity (Wildman–Crippen MR) is 136 cm³/mol. The van der Waals surface area contributed by atoms with Crippen molar-refractivity contribution in [2.24, 2.45) is 0 Å². The highest BCUT2D eigenvalue weighted by Gasteiger charge is 2.52. The smallest absolute Gasteiger partial charge is 0.254 e. The van der Waals surface area contributed by atoms with Gasteiger partial charge in [-0.2, -0.15) is 4.31 Å². The summed E-state index contributed by atoms with van der Waals surface area (Å²) in [6.07, 6.45) is 0.972. The summed E-state index contributed by atoms with van der Waals surface area (Å²) >= 11 is 0. The van der Waals surface area contributed by atoms with Crippen LogP contribution in [0.5, 0.6) is 5.75 Å². The SMILES string of the molecule is COC1CN(C(=O)c2cc(C)ccc2C)CC1Oc1cccc(CS(=O)(=O)N2CCC23CCOC3)c1. The van der Waals surface area contributed by atoms with Gasteiger partial charge >= 0.3 is 0 Å². The molecule has 9 heteroatoms. The Labute approximate surface area is 213 Å². The quantitative estimate of drug-likeness (QED) is 0.565. The second-order valence-electron chi connectivity index (χ2n) is 10.2. The standard InChI is InChI=1S/C27H34N2O6S/c1-19-7-8-20(2)23(13-19)26(30)28-15-24(33-3)25(16-28)35-22-6-4-5-21(14-22)17-36(31,32)29-11-9-27(29)10-12-34-18-27/h4-8,13-14,24-25H,9-12,15-18H2,1-3H3. The van der Waals surface area contributed by atoms with Crippen LogP contribution in [-0.4, -0.2) is 81.2 Å². The fraction of sp³-hybridized carbons (Fsp3) is 0.519. The van der Waals surface area contributed by atoms with E-state index in [0.717, 1.165) is 24.0 Å². The average Bonchev–Trinajstić information content (AvgIpc) is 3.48. The molecule has 0 radical (unpaired) electrons. The number of hydrogen-bond acceptors (Lipinski definition) is 6. The summed E-state index contributed by atoms with van der Waals surface area (Å²) in [5.41, 5.74) is 2.98. The Morgan fingerprint density at radius 1 is 1.11 bits per heavy atom. The topological polar surface area (TPSA) is 85.4 Å². The van der Waals surface area contributed by atoms with Gasteiger partial charge in [0.1, 0.15) is 18.0 Å². The molecule has 3 saturated heterocycles. The van der Waals surface area contributed by atoms with E-state index in [2.05, 4.69) is 0 Å². The average molecular weight is 515 g/mol. The van der Waals surface area contributed by atoms with E-state index < -0.39 is 10.0 Å². The lowest BCUT2D eigenvalue weighted by molar-refractivity contribution is 0.0339. The molecule has 36 heavy (non-hydrogen) atoms. The number of likely N-dealkylation sites (tertiary alicyclic amines) is 1. The van der Waals surface area contributed by atoms with E-state index in [-0.39, 0.29) is 29.4 Å². The molecule has 0 N–H and O–H groups in total. The zero-order chi connectivity index (χ0) is 25.5. The van der Waals surface area contributed by atoms with Crippen molar-refractivity contribution in [2.75, 3.05) is 40.0 Å². The molecule has 1 amide bonds. The second-order valence-corrected chi connectivity index (χ2v) is 12.1. The Morgan fingerprint density at radius 2 is 1.92 bits per heavy atom. The number of nitrogens with zero attached hydrogens (tertiary/aromatic N) is 2. The number of aryl methyl sites for hydroxylation is 2. The van der Waals surface area contributed by atoms with Gasteiger partial charge in [-0.1, -0.05) is 29.8 Å². The summed E-state index contributed by atoms with van der Waals surface area (Å²) in [6, 6.07) is 13.1. The van der Waals surface area contributed by atoms with Gasteiger partial charge in [0.15, 0.2) is 0 Å². The van der Waals surface area contributed by atoms with Crippen LogP contribution in [0.15, 0.2) is 42.5 Å². The van der Waals surface area contributed by atoms with Gasteiger partial charge in [-0.25, -0.2) is 8.42 Å². The molecule has 0 bridgehead atoms. The van der Waals surface area contributed by atoms with Gasteiger partial charge in [0.05, 0.1) is 31.0 Å². The highest BCUT2D eigenvalue weighted by molar-refractivity contribution is 7.88. The van der Waals surface area contributed by atoms with E-state index in [0.29, 0.717) is 49.7 Å². The van der Waals surface area contributed by atoms with E-state index in [1.165, 1.54) is 0 Å². The summed E-state index contributed by atoms with van der Waals surface area (Å²) in [6.45, 7) is 6.37. The molecule has 3 aliphatic rings. The molecule has 3 aliphatic heterocycles. The molecule has 0 saturated carbocycles. The van der Waals surface area contributed by atoms with E-state index >= 15 is 0 Å². The first-order valence-corrected chi connectivity index (χ1v) is 14.0. The molecule has 5 rings (SSSR count). The number of hydrogen-bond donors (Lipinski definition) is 0. The van der Waals surface area contributed by atoms with Crippen molar-refractivity contribution in [2.45, 2.75) is 50.2 Å². The van der Waals surface area contributed by atoms with Gasteiger partial charge in [0, 0.05) is 25.8 Å². The van der Waals surface area contributed by atoms with Crippen molar-refractivity contribution in [1.29, 1.82) is 0 Å². The van der Waals surface area contributed by atoms with E-state index in [1.807, 2.05) is 38.1 Å². The van der Waals surface area contributed by atoms with Crippen molar-refractivity contribution >= 4 is 15.9 Å². The number of sulfonamides is 1. The summed E-state index contributed by atoms with van der Waals surface area (Å²) in [4.78, 5) is 15.0. The van der Waals surface area contributed by atoms with Gasteiger partial charge in [-0.15, -0.1) is 0 Å². The van der Waals surface area contributed by atoms with Crippen molar-refractivity contribution in [3.05, 3.63) is 64.7 Å². The third-order valence-electron chi connectivity index (χ3n) is 7.69. The number of methoxy groups -OCH3 is 1. The molecule has 2 aromatic rings. The lowest BCUT2D eigenvalue weighted by Crippen LogP contribution is -2.62. The molecular weight excluding hydrogens is 480 g/mol. The molecule has 194 valence electrons. The van der Waals surface area contributed by atoms with Crippen LogP contribution in [0.25, 0.3) is 0 Å². The lowest BCUT2D eigenvalue weighted by atomic mass is 9.87. The molecule has 3 fully saturated rings. The Balaban J connectivity index is 1.27. The first-order valence-electron chi connectivity index (χ1n) is 12.4. The van der Waals surface area contributed by atoms with Crippen LogP contribution < -0.4 is 4.74 Å². The zero-order valence-electron chi connectivity index (χ0n) is 21.1. The molecule has 8 nitrogen and oxygen atoms in total. The van der Waals surface area contributed by atoms with Crippen LogP contribution in [0.1, 0.15) is 39.9 Å². The van der Waals surface area contributed by atoms with Crippen molar-refractivity contribution in [3.63, 3.8) is 0 Å². The Bertz CT molecular complexity index is 1240. The van der Waals surface area contributed by atoms with Gasteiger partial charge in [-0.3, -0.25) is 4.79 Å². The van der Waals surface area contributed by atoms with Gasteiger partial charge < -0.3 is 19.1 Å². The van der Waals surface area contributed by atoms with Crippen molar-refractivity contribution in [3.8, 4) is 5.75 Å². The fourth-order valence-corrected chi connectivity index (χ4v) is 7.45. The molecule has 0 aliphatic carbocycles. The minimum absolute atomic E-state index is 0.0384. The zero-order valence-corrected chi connectivity index (χ0v) is 21.9. The van der Waals surface area contributed by atoms with Crippen LogP contribution >= 0.6 is 0 Å². The first kappa shape index (κ1) is 25.2. The minimum atomic E-state index is -3.47. The summed E-state index contributed by atoms with van der Waals surface area (Å²) < 4.78 is 45.3. The maximum atomic E-state index is 13.2. The normalized spacial score (nSPS) is 26.4. The predicted octanol–water partition coefficient (Wildman–Crippen LogP) is 2.92. The van der Waals surface area contributed by atoms with E-state index in [1.54, 1.807) is 34.5 Å². The molecule has 2 aromatic carbocycles. The number of rotatable bonds is 7. The maximum Gasteiger partial charge on any atom is 0.254 e. The summed E-state index contributed by atoms with van der Waals surface area (Å²) in [5, 5.41) is 0. The van der Waals surface area contributed by atoms with Gasteiger partial charge in [-0.05, 0) is 56.0 Å². The Morgan fingerprint density at radius 3 is 2.61 bits per heavy atom. The minimum Gasteiger partial charge on any atom is -0.486 e. The lowest BCUT2D eigenvalue weighted by Gasteiger charge is -2.48. The maximum absolute atomic E-state index is 13.2. The van der Waals surface area contributed by atoms with Gasteiger partial charge in [0.2, 0.25) is 10.0 Å². The number of benzene rings is 2. The van der Waals surface area contributed by atoms with Gasteiger partial charge in [0.25, 0.3) is 5.91 Å². The summed E-state index contributed by atoms with van der Waals surface area (Å²) in [5.74, 6) is 0.448. The summed E-state index contributed by atoms with van der Waals surface area (Å²) in [7, 11) is -1.85. The highest BCUT2D eigenvalue weighted by Crippen LogP contribution is 2.41. The molecule has 0 aromatic heterocycles. The van der Waals surface area contributed by atoms with Crippen LogP contribution in [-0.2, 0) is 25.2 Å². The number of carbonyl (C=O) groups excluding carboxylic acids is 1. The Kier molecular flexibility index (Phi) is 6.84.